The molecule has 1 aromatic carbocycles. The maximum atomic E-state index is 12.9. The third kappa shape index (κ3) is 2.43. The predicted molar refractivity (Wildman–Crippen MR) is 54.7 cm³/mol. The quantitative estimate of drug-likeness (QED) is 0.772. The molecule has 1 saturated carbocycles. The summed E-state index contributed by atoms with van der Waals surface area (Å²) >= 11 is 0. The number of hydrogen-bond acceptors (Lipinski definition) is 1. The van der Waals surface area contributed by atoms with Crippen molar-refractivity contribution in [1.82, 2.24) is 0 Å². The van der Waals surface area contributed by atoms with Crippen LogP contribution in [0.15, 0.2) is 29.8 Å². The van der Waals surface area contributed by atoms with Gasteiger partial charge in [0.25, 0.3) is 0 Å². The zero-order valence-electron chi connectivity index (χ0n) is 8.11. The first-order valence-corrected chi connectivity index (χ1v) is 4.87. The van der Waals surface area contributed by atoms with Gasteiger partial charge >= 0.3 is 5.97 Å². The molecule has 0 atom stereocenters. The molecule has 0 bridgehead atoms. The number of aliphatic carboxylic acids is 1. The molecule has 2 rings (SSSR count). The number of carbonyl (C=O) groups is 1. The van der Waals surface area contributed by atoms with E-state index in [-0.39, 0.29) is 11.7 Å². The van der Waals surface area contributed by atoms with Gasteiger partial charge in [0.15, 0.2) is 0 Å². The summed E-state index contributed by atoms with van der Waals surface area (Å²) in [6.07, 6.45) is 3.41. The van der Waals surface area contributed by atoms with E-state index in [4.69, 9.17) is 5.11 Å². The van der Waals surface area contributed by atoms with Crippen LogP contribution in [-0.4, -0.2) is 11.1 Å². The van der Waals surface area contributed by atoms with E-state index in [1.807, 2.05) is 0 Å². The van der Waals surface area contributed by atoms with E-state index >= 15 is 0 Å². The van der Waals surface area contributed by atoms with Gasteiger partial charge in [-0.3, -0.25) is 0 Å². The van der Waals surface area contributed by atoms with Crippen LogP contribution in [0.2, 0.25) is 0 Å². The molecule has 0 spiro atoms. The van der Waals surface area contributed by atoms with Crippen LogP contribution in [0, 0.1) is 11.7 Å². The van der Waals surface area contributed by atoms with E-state index in [0.29, 0.717) is 11.1 Å². The third-order valence-electron chi connectivity index (χ3n) is 2.43. The van der Waals surface area contributed by atoms with Gasteiger partial charge in [-0.05, 0) is 42.5 Å². The fraction of sp³-hybridized carbons (Fsp3) is 0.250. The van der Waals surface area contributed by atoms with Gasteiger partial charge in [0.05, 0.1) is 0 Å². The summed E-state index contributed by atoms with van der Waals surface area (Å²) in [6.45, 7) is 0. The minimum Gasteiger partial charge on any atom is -0.478 e. The van der Waals surface area contributed by atoms with Crippen LogP contribution in [0.4, 0.5) is 4.39 Å². The first-order chi connectivity index (χ1) is 7.16. The number of hydrogen-bond donors (Lipinski definition) is 1. The lowest BCUT2D eigenvalue weighted by molar-refractivity contribution is -0.132. The summed E-state index contributed by atoms with van der Waals surface area (Å²) in [5.41, 5.74) is 1.000. The Bertz CT molecular complexity index is 419. The Balaban J connectivity index is 2.30. The van der Waals surface area contributed by atoms with Gasteiger partial charge in [-0.2, -0.15) is 0 Å². The Morgan fingerprint density at radius 2 is 2.20 bits per heavy atom. The molecule has 3 heteroatoms. The number of carboxylic acid groups (broad SMARTS) is 1. The van der Waals surface area contributed by atoms with Gasteiger partial charge in [-0.25, -0.2) is 9.18 Å². The maximum Gasteiger partial charge on any atom is 0.331 e. The summed E-state index contributed by atoms with van der Waals surface area (Å²) < 4.78 is 12.9. The summed E-state index contributed by atoms with van der Waals surface area (Å²) in [6, 6.07) is 5.96. The van der Waals surface area contributed by atoms with Crippen LogP contribution in [-0.2, 0) is 4.79 Å². The highest BCUT2D eigenvalue weighted by molar-refractivity contribution is 5.93. The van der Waals surface area contributed by atoms with Crippen molar-refractivity contribution in [3.63, 3.8) is 0 Å². The Labute approximate surface area is 87.0 Å². The molecule has 0 amide bonds. The lowest BCUT2D eigenvalue weighted by Crippen LogP contribution is -2.02. The molecule has 15 heavy (non-hydrogen) atoms. The SMILES string of the molecule is O=C(O)/C(=C\c1cccc(F)c1)C1CC1. The first kappa shape index (κ1) is 9.90. The predicted octanol–water partition coefficient (Wildman–Crippen LogP) is 2.70. The number of rotatable bonds is 3. The minimum absolute atomic E-state index is 0.158. The lowest BCUT2D eigenvalue weighted by atomic mass is 10.1. The van der Waals surface area contributed by atoms with Crippen LogP contribution in [0.25, 0.3) is 6.08 Å². The molecule has 0 unspecified atom stereocenters. The van der Waals surface area contributed by atoms with E-state index in [2.05, 4.69) is 0 Å². The molecule has 1 fully saturated rings. The molecule has 0 saturated heterocycles. The zero-order valence-corrected chi connectivity index (χ0v) is 8.11. The van der Waals surface area contributed by atoms with Crippen molar-refractivity contribution >= 4 is 12.0 Å². The fourth-order valence-electron chi connectivity index (χ4n) is 1.52. The van der Waals surface area contributed by atoms with Gasteiger partial charge in [0, 0.05) is 5.57 Å². The first-order valence-electron chi connectivity index (χ1n) is 4.87. The smallest absolute Gasteiger partial charge is 0.331 e. The molecule has 0 radical (unpaired) electrons. The monoisotopic (exact) mass is 206 g/mol. The van der Waals surface area contributed by atoms with E-state index in [9.17, 15) is 9.18 Å². The van der Waals surface area contributed by atoms with E-state index in [0.717, 1.165) is 12.8 Å². The van der Waals surface area contributed by atoms with Crippen molar-refractivity contribution in [1.29, 1.82) is 0 Å². The largest absolute Gasteiger partial charge is 0.478 e. The van der Waals surface area contributed by atoms with Gasteiger partial charge in [0.2, 0.25) is 0 Å². The fourth-order valence-corrected chi connectivity index (χ4v) is 1.52. The number of benzene rings is 1. The summed E-state index contributed by atoms with van der Waals surface area (Å²) in [5, 5.41) is 8.95. The highest BCUT2D eigenvalue weighted by Gasteiger charge is 2.30. The molecule has 0 heterocycles. The second kappa shape index (κ2) is 3.85. The Hall–Kier alpha value is -1.64. The average Bonchev–Trinajstić information content (AvgIpc) is 2.97. The van der Waals surface area contributed by atoms with Crippen molar-refractivity contribution in [3.05, 3.63) is 41.2 Å². The van der Waals surface area contributed by atoms with Crippen molar-refractivity contribution < 1.29 is 14.3 Å². The van der Waals surface area contributed by atoms with Gasteiger partial charge in [0.1, 0.15) is 5.82 Å². The van der Waals surface area contributed by atoms with Crippen molar-refractivity contribution in [2.24, 2.45) is 5.92 Å². The van der Waals surface area contributed by atoms with Gasteiger partial charge in [-0.15, -0.1) is 0 Å². The van der Waals surface area contributed by atoms with Crippen LogP contribution < -0.4 is 0 Å². The Morgan fingerprint density at radius 3 is 2.73 bits per heavy atom. The lowest BCUT2D eigenvalue weighted by Gasteiger charge is -1.99. The zero-order chi connectivity index (χ0) is 10.8. The van der Waals surface area contributed by atoms with Gasteiger partial charge in [-0.1, -0.05) is 12.1 Å². The topological polar surface area (TPSA) is 37.3 Å². The minimum atomic E-state index is -0.901. The number of carboxylic acids is 1. The van der Waals surface area contributed by atoms with Crippen LogP contribution in [0.3, 0.4) is 0 Å². The molecule has 1 aromatic rings. The second-order valence-corrected chi connectivity index (χ2v) is 3.73. The summed E-state index contributed by atoms with van der Waals surface area (Å²) in [4.78, 5) is 10.9. The molecular weight excluding hydrogens is 195 g/mol. The molecule has 0 aliphatic heterocycles. The maximum absolute atomic E-state index is 12.9. The molecule has 1 aliphatic carbocycles. The molecule has 1 aliphatic rings. The van der Waals surface area contributed by atoms with Crippen molar-refractivity contribution in [3.8, 4) is 0 Å². The highest BCUT2D eigenvalue weighted by atomic mass is 19.1. The van der Waals surface area contributed by atoms with Gasteiger partial charge < -0.3 is 5.11 Å². The second-order valence-electron chi connectivity index (χ2n) is 3.73. The van der Waals surface area contributed by atoms with E-state index in [1.165, 1.54) is 12.1 Å². The summed E-state index contributed by atoms with van der Waals surface area (Å²) in [7, 11) is 0. The standard InChI is InChI=1S/C12H11FO2/c13-10-3-1-2-8(6-10)7-11(12(14)15)9-4-5-9/h1-3,6-7,9H,4-5H2,(H,14,15)/b11-7-. The van der Waals surface area contributed by atoms with Crippen LogP contribution >= 0.6 is 0 Å². The molecule has 78 valence electrons. The normalized spacial score (nSPS) is 16.5. The Morgan fingerprint density at radius 1 is 1.47 bits per heavy atom. The molecule has 1 N–H and O–H groups in total. The molecular formula is C12H11FO2. The Kier molecular flexibility index (Phi) is 2.54. The van der Waals surface area contributed by atoms with Crippen molar-refractivity contribution in [2.45, 2.75) is 12.8 Å². The average molecular weight is 206 g/mol. The molecule has 2 nitrogen and oxygen atoms in total. The van der Waals surface area contributed by atoms with E-state index in [1.54, 1.807) is 18.2 Å². The highest BCUT2D eigenvalue weighted by Crippen LogP contribution is 2.37. The number of halogens is 1. The van der Waals surface area contributed by atoms with Crippen molar-refractivity contribution in [2.75, 3.05) is 0 Å². The van der Waals surface area contributed by atoms with E-state index < -0.39 is 5.97 Å². The summed E-state index contributed by atoms with van der Waals surface area (Å²) in [5.74, 6) is -1.09. The van der Waals surface area contributed by atoms with Crippen LogP contribution in [0.1, 0.15) is 18.4 Å². The third-order valence-corrected chi connectivity index (χ3v) is 2.43. The molecule has 0 aromatic heterocycles. The van der Waals surface area contributed by atoms with Crippen LogP contribution in [0.5, 0.6) is 0 Å².